The molecular weight excluding hydrogens is 521 g/mol. The molecule has 3 aromatic rings. The van der Waals surface area contributed by atoms with Crippen molar-refractivity contribution in [3.05, 3.63) is 53.7 Å². The monoisotopic (exact) mass is 556 g/mol. The van der Waals surface area contributed by atoms with Gasteiger partial charge in [-0.15, -0.1) is 0 Å². The Bertz CT molecular complexity index is 1360. The van der Waals surface area contributed by atoms with Crippen LogP contribution in [0.25, 0.3) is 10.9 Å². The van der Waals surface area contributed by atoms with Crippen LogP contribution in [0.1, 0.15) is 41.7 Å². The quantitative estimate of drug-likeness (QED) is 0.294. The highest BCUT2D eigenvalue weighted by Gasteiger charge is 2.31. The molecule has 7 nitrogen and oxygen atoms in total. The van der Waals surface area contributed by atoms with Crippen molar-refractivity contribution in [2.24, 2.45) is 0 Å². The van der Waals surface area contributed by atoms with E-state index in [1.165, 1.54) is 32.1 Å². The fraction of sp³-hybridized carbons (Fsp3) is 0.433. The highest BCUT2D eigenvalue weighted by Crippen LogP contribution is 2.32. The molecule has 40 heavy (non-hydrogen) atoms. The van der Waals surface area contributed by atoms with Crippen LogP contribution < -0.4 is 15.4 Å². The minimum absolute atomic E-state index is 0.155. The molecule has 0 unspecified atom stereocenters. The SMILES string of the molecule is COc1cc(C(=O)O)ccc1NCC#Cc1cc2c(NC3CCN(C4CC4)CC3)cccc2n1CCF.FCF. The minimum atomic E-state index is -1.75. The second-order valence-corrected chi connectivity index (χ2v) is 9.77. The van der Waals surface area contributed by atoms with Crippen molar-refractivity contribution in [3.8, 4) is 17.6 Å². The number of likely N-dealkylation sites (tertiary alicyclic amines) is 1. The molecule has 0 spiro atoms. The Balaban J connectivity index is 0.00000118. The second-order valence-electron chi connectivity index (χ2n) is 9.77. The molecule has 0 bridgehead atoms. The summed E-state index contributed by atoms with van der Waals surface area (Å²) >= 11 is 0. The largest absolute Gasteiger partial charge is 0.495 e. The van der Waals surface area contributed by atoms with E-state index in [0.717, 1.165) is 54.3 Å². The van der Waals surface area contributed by atoms with E-state index in [9.17, 15) is 23.1 Å². The summed E-state index contributed by atoms with van der Waals surface area (Å²) in [5.74, 6) is 5.74. The Morgan fingerprint density at radius 3 is 2.48 bits per heavy atom. The summed E-state index contributed by atoms with van der Waals surface area (Å²) in [5, 5.41) is 17.2. The molecule has 3 N–H and O–H groups in total. The zero-order chi connectivity index (χ0) is 28.5. The average Bonchev–Trinajstić information content (AvgIpc) is 3.75. The third-order valence-corrected chi connectivity index (χ3v) is 7.24. The highest BCUT2D eigenvalue weighted by molar-refractivity contribution is 5.94. The predicted molar refractivity (Wildman–Crippen MR) is 152 cm³/mol. The van der Waals surface area contributed by atoms with E-state index in [-0.39, 0.29) is 12.1 Å². The lowest BCUT2D eigenvalue weighted by Gasteiger charge is -2.33. The number of aryl methyl sites for hydroxylation is 1. The number of hydrogen-bond donors (Lipinski definition) is 3. The maximum absolute atomic E-state index is 13.5. The lowest BCUT2D eigenvalue weighted by atomic mass is 10.0. The van der Waals surface area contributed by atoms with Gasteiger partial charge in [0.25, 0.3) is 0 Å². The Hall–Kier alpha value is -3.84. The fourth-order valence-corrected chi connectivity index (χ4v) is 5.15. The number of aromatic nitrogens is 1. The molecule has 1 aliphatic heterocycles. The van der Waals surface area contributed by atoms with Crippen LogP contribution in [-0.4, -0.2) is 73.0 Å². The molecule has 0 amide bonds. The molecule has 0 radical (unpaired) electrons. The number of alkyl halides is 3. The highest BCUT2D eigenvalue weighted by atomic mass is 19.3. The second kappa shape index (κ2) is 14.0. The number of halogens is 3. The Morgan fingerprint density at radius 2 is 1.82 bits per heavy atom. The third kappa shape index (κ3) is 7.21. The van der Waals surface area contributed by atoms with E-state index >= 15 is 0 Å². The number of fused-ring (bicyclic) bond motifs is 1. The molecule has 1 aromatic heterocycles. The predicted octanol–water partition coefficient (Wildman–Crippen LogP) is 5.70. The summed E-state index contributed by atoms with van der Waals surface area (Å²) in [6.45, 7) is 0.643. The molecule has 10 heteroatoms. The number of aromatic carboxylic acids is 1. The van der Waals surface area contributed by atoms with Gasteiger partial charge in [-0.05, 0) is 68.0 Å². The molecule has 2 heterocycles. The van der Waals surface area contributed by atoms with Crippen molar-refractivity contribution in [2.75, 3.05) is 51.0 Å². The Kier molecular flexibility index (Phi) is 10.2. The van der Waals surface area contributed by atoms with Crippen molar-refractivity contribution in [1.29, 1.82) is 0 Å². The van der Waals surface area contributed by atoms with Crippen LogP contribution in [0.2, 0.25) is 0 Å². The number of nitrogens with zero attached hydrogens (tertiary/aromatic N) is 2. The number of piperidine rings is 1. The number of carboxylic acids is 1. The normalized spacial score (nSPS) is 15.5. The Labute approximate surface area is 232 Å². The van der Waals surface area contributed by atoms with Crippen LogP contribution in [0.3, 0.4) is 0 Å². The minimum Gasteiger partial charge on any atom is -0.495 e. The number of hydrogen-bond acceptors (Lipinski definition) is 5. The number of nitrogens with one attached hydrogen (secondary N) is 2. The standard InChI is InChI=1S/C29H33FN4O3.CH2F2/c1-37-28-18-20(29(35)36)7-10-26(28)31-14-3-4-23-19-24-25(5-2-6-27(24)34(23)17-13-30)32-21-11-15-33(16-12-21)22-8-9-22;2-1-3/h2,5-7,10,18-19,21-22,31-32H,8-9,11-17H2,1H3,(H,35,36);1H2. The number of carbonyl (C=O) groups is 1. The maximum atomic E-state index is 13.5. The van der Waals surface area contributed by atoms with Crippen molar-refractivity contribution in [1.82, 2.24) is 9.47 Å². The number of benzene rings is 2. The van der Waals surface area contributed by atoms with Gasteiger partial charge < -0.3 is 29.9 Å². The number of anilines is 2. The van der Waals surface area contributed by atoms with Gasteiger partial charge in [0.1, 0.15) is 12.4 Å². The van der Waals surface area contributed by atoms with Crippen LogP contribution in [0.15, 0.2) is 42.5 Å². The van der Waals surface area contributed by atoms with Crippen LogP contribution in [-0.2, 0) is 6.54 Å². The van der Waals surface area contributed by atoms with Gasteiger partial charge in [0, 0.05) is 36.2 Å². The fourth-order valence-electron chi connectivity index (χ4n) is 5.15. The van der Waals surface area contributed by atoms with Gasteiger partial charge in [-0.1, -0.05) is 12.0 Å². The van der Waals surface area contributed by atoms with Crippen LogP contribution in [0.5, 0.6) is 5.75 Å². The van der Waals surface area contributed by atoms with Gasteiger partial charge in [-0.3, -0.25) is 0 Å². The van der Waals surface area contributed by atoms with Gasteiger partial charge in [0.05, 0.1) is 42.7 Å². The maximum Gasteiger partial charge on any atom is 0.335 e. The van der Waals surface area contributed by atoms with Gasteiger partial charge in [-0.25, -0.2) is 18.0 Å². The van der Waals surface area contributed by atoms with E-state index < -0.39 is 19.6 Å². The van der Waals surface area contributed by atoms with E-state index in [0.29, 0.717) is 24.0 Å². The van der Waals surface area contributed by atoms with E-state index in [4.69, 9.17) is 4.74 Å². The molecule has 1 saturated carbocycles. The first-order valence-corrected chi connectivity index (χ1v) is 13.4. The molecule has 2 aromatic carbocycles. The smallest absolute Gasteiger partial charge is 0.335 e. The van der Waals surface area contributed by atoms with Crippen LogP contribution in [0, 0.1) is 11.8 Å². The lowest BCUT2D eigenvalue weighted by Crippen LogP contribution is -2.40. The van der Waals surface area contributed by atoms with E-state index in [2.05, 4.69) is 33.4 Å². The summed E-state index contributed by atoms with van der Waals surface area (Å²) in [5.41, 5.74) is 3.62. The number of rotatable bonds is 9. The first-order chi connectivity index (χ1) is 19.5. The molecular formula is C30H35F3N4O3. The summed E-state index contributed by atoms with van der Waals surface area (Å²) < 4.78 is 40.0. The molecule has 1 saturated heterocycles. The van der Waals surface area contributed by atoms with Crippen molar-refractivity contribution < 1.29 is 27.8 Å². The third-order valence-electron chi connectivity index (χ3n) is 7.24. The molecule has 2 fully saturated rings. The van der Waals surface area contributed by atoms with Gasteiger partial charge in [-0.2, -0.15) is 0 Å². The Morgan fingerprint density at radius 1 is 1.07 bits per heavy atom. The van der Waals surface area contributed by atoms with Crippen molar-refractivity contribution in [3.63, 3.8) is 0 Å². The summed E-state index contributed by atoms with van der Waals surface area (Å²) in [6.07, 6.45) is 4.97. The average molecular weight is 557 g/mol. The number of ether oxygens (including phenoxy) is 1. The zero-order valence-electron chi connectivity index (χ0n) is 22.6. The van der Waals surface area contributed by atoms with Crippen LogP contribution in [0.4, 0.5) is 24.5 Å². The van der Waals surface area contributed by atoms with Gasteiger partial charge in [0.15, 0.2) is 0 Å². The summed E-state index contributed by atoms with van der Waals surface area (Å²) in [6, 6.07) is 14.1. The summed E-state index contributed by atoms with van der Waals surface area (Å²) in [4.78, 5) is 13.8. The van der Waals surface area contributed by atoms with Gasteiger partial charge >= 0.3 is 5.97 Å². The molecule has 5 rings (SSSR count). The van der Waals surface area contributed by atoms with E-state index in [1.807, 2.05) is 22.8 Å². The lowest BCUT2D eigenvalue weighted by molar-refractivity contribution is 0.0696. The van der Waals surface area contributed by atoms with Crippen molar-refractivity contribution in [2.45, 2.75) is 44.3 Å². The topological polar surface area (TPSA) is 78.8 Å². The van der Waals surface area contributed by atoms with E-state index in [1.54, 1.807) is 6.07 Å². The number of methoxy groups -OCH3 is 1. The number of carboxylic acid groups (broad SMARTS) is 1. The van der Waals surface area contributed by atoms with Crippen molar-refractivity contribution >= 4 is 28.2 Å². The molecule has 2 aliphatic rings. The van der Waals surface area contributed by atoms with Gasteiger partial charge in [0.2, 0.25) is 6.93 Å². The molecule has 0 atom stereocenters. The molecule has 1 aliphatic carbocycles. The molecule has 214 valence electrons. The summed E-state index contributed by atoms with van der Waals surface area (Å²) in [7, 11) is 1.50. The first-order valence-electron chi connectivity index (χ1n) is 13.4. The van der Waals surface area contributed by atoms with Crippen LogP contribution >= 0.6 is 0 Å². The first kappa shape index (κ1) is 29.2. The zero-order valence-corrected chi connectivity index (χ0v) is 22.6.